The summed E-state index contributed by atoms with van der Waals surface area (Å²) in [5.41, 5.74) is -1.40. The Morgan fingerprint density at radius 3 is 1.15 bits per heavy atom. The van der Waals surface area contributed by atoms with Gasteiger partial charge in [0.05, 0.1) is 0 Å². The number of hydrogen-bond donors (Lipinski definition) is 0. The zero-order valence-electron chi connectivity index (χ0n) is 29.2. The van der Waals surface area contributed by atoms with Crippen LogP contribution in [0.4, 0.5) is 0 Å². The predicted molar refractivity (Wildman–Crippen MR) is 175 cm³/mol. The number of hydrogen-bond acceptors (Lipinski definition) is 6. The first-order valence-corrected chi connectivity index (χ1v) is 18.1. The van der Waals surface area contributed by atoms with E-state index >= 15 is 0 Å². The Balaban J connectivity index is -0.000000262. The zero-order valence-corrected chi connectivity index (χ0v) is 34.3. The maximum Gasteiger partial charge on any atom is 4.00 e. The molecule has 0 aromatic heterocycles. The van der Waals surface area contributed by atoms with E-state index in [2.05, 4.69) is 106 Å². The van der Waals surface area contributed by atoms with E-state index in [4.69, 9.17) is 0 Å². The van der Waals surface area contributed by atoms with E-state index in [0.29, 0.717) is 35.9 Å². The van der Waals surface area contributed by atoms with Gasteiger partial charge in [-0.1, -0.05) is 92.7 Å². The molecule has 0 aromatic rings. The fraction of sp³-hybridized carbons (Fsp3) is 0.867. The Kier molecular flexibility index (Phi) is 26.9. The Morgan fingerprint density at radius 1 is 0.625 bits per heavy atom. The summed E-state index contributed by atoms with van der Waals surface area (Å²) < 4.78 is 0. The van der Waals surface area contributed by atoms with Crippen LogP contribution in [-0.2, 0) is 0 Å². The summed E-state index contributed by atoms with van der Waals surface area (Å²) in [6.45, 7) is 35.7. The first-order chi connectivity index (χ1) is 17.4. The Morgan fingerprint density at radius 2 is 0.925 bits per heavy atom. The molecule has 40 heavy (non-hydrogen) atoms. The number of nitrogens with zero attached hydrogens (tertiary/aromatic N) is 6. The van der Waals surface area contributed by atoms with E-state index in [0.717, 1.165) is 11.7 Å². The molecule has 0 aliphatic carbocycles. The van der Waals surface area contributed by atoms with Crippen molar-refractivity contribution in [1.82, 2.24) is 0 Å². The summed E-state index contributed by atoms with van der Waals surface area (Å²) >= 11 is 0. The molecule has 0 rings (SSSR count). The first kappa shape index (κ1) is 46.5. The van der Waals surface area contributed by atoms with Crippen LogP contribution in [0.25, 0.3) is 10.6 Å². The van der Waals surface area contributed by atoms with Gasteiger partial charge in [-0.3, -0.25) is 4.99 Å². The van der Waals surface area contributed by atoms with Gasteiger partial charge >= 0.3 is 39.9 Å². The smallest absolute Gasteiger partial charge is 0.862 e. The van der Waals surface area contributed by atoms with Gasteiger partial charge in [0, 0.05) is 25.9 Å². The maximum absolute atomic E-state index is 13.0. The summed E-state index contributed by atoms with van der Waals surface area (Å²) in [4.78, 5) is 16.8. The minimum atomic E-state index is -1.78. The fourth-order valence-corrected chi connectivity index (χ4v) is 5.40. The van der Waals surface area contributed by atoms with Crippen LogP contribution in [0.1, 0.15) is 104 Å². The van der Waals surface area contributed by atoms with E-state index in [1.54, 1.807) is 6.92 Å². The Labute approximate surface area is 281 Å². The van der Waals surface area contributed by atoms with Gasteiger partial charge in [-0.05, 0) is 84.1 Å². The molecule has 10 heteroatoms. The topological polar surface area (TPSA) is 124 Å². The van der Waals surface area contributed by atoms with Gasteiger partial charge in [0.15, 0.2) is 0 Å². The Hall–Kier alpha value is -0.418. The number of amidine groups is 2. The van der Waals surface area contributed by atoms with Gasteiger partial charge in [-0.15, -0.1) is 0 Å². The van der Waals surface area contributed by atoms with E-state index < -0.39 is 19.6 Å². The van der Waals surface area contributed by atoms with Crippen molar-refractivity contribution in [2.75, 3.05) is 0 Å². The second-order valence-corrected chi connectivity index (χ2v) is 18.4. The summed E-state index contributed by atoms with van der Waals surface area (Å²) in [5, 5.41) is 33.8. The van der Waals surface area contributed by atoms with Crippen LogP contribution in [-0.4, -0.2) is 73.2 Å². The molecule has 0 amide bonds. The van der Waals surface area contributed by atoms with E-state index in [9.17, 15) is 10.2 Å². The molecular weight excluding hydrogens is 736 g/mol. The van der Waals surface area contributed by atoms with Crippen molar-refractivity contribution < 1.29 is 50.2 Å². The molecule has 0 bridgehead atoms. The normalized spacial score (nSPS) is 15.0. The number of aliphatic imine (C=N–C) groups is 4. The van der Waals surface area contributed by atoms with Crippen molar-refractivity contribution in [3.05, 3.63) is 10.6 Å². The molecule has 0 aliphatic heterocycles. The van der Waals surface area contributed by atoms with Crippen LogP contribution in [0, 0.1) is 39.9 Å². The van der Waals surface area contributed by atoms with Crippen molar-refractivity contribution in [2.24, 2.45) is 20.0 Å². The summed E-state index contributed by atoms with van der Waals surface area (Å²) in [7, 11) is -1.69. The molecule has 0 fully saturated rings. The third kappa shape index (κ3) is 29.1. The molecule has 0 aliphatic rings. The van der Waals surface area contributed by atoms with Gasteiger partial charge in [-0.25, -0.2) is 0 Å². The van der Waals surface area contributed by atoms with Gasteiger partial charge in [-0.2, -0.15) is 0 Å². The standard InChI is InChI=1S/C14H29N2O2Si.2C8H17N2.Th/c1-10(2)15-12(5)14(18,9-19(6,7)8)13(17)16-11(3)4;2*1-6(2)9-8(5)10-7(3)4;/h10-11H,9H2,1-8H3,(H,16,17);2*6-7H,1-5H3;/q3*-1;+4/p-1/t14-;;;/m0.../s1. The van der Waals surface area contributed by atoms with Gasteiger partial charge < -0.3 is 35.8 Å². The van der Waals surface area contributed by atoms with Crippen LogP contribution in [0.2, 0.25) is 25.7 Å². The van der Waals surface area contributed by atoms with Crippen molar-refractivity contribution in [2.45, 2.75) is 171 Å². The van der Waals surface area contributed by atoms with Crippen LogP contribution >= 0.6 is 0 Å². The average molecular weight is 799 g/mol. The van der Waals surface area contributed by atoms with E-state index in [1.165, 1.54) is 0 Å². The quantitative estimate of drug-likeness (QED) is 0.140. The molecule has 0 radical (unpaired) electrons. The molecular formula is C30H62N6O2SiTh. The zero-order chi connectivity index (χ0) is 31.7. The first-order valence-electron chi connectivity index (χ1n) is 14.4. The van der Waals surface area contributed by atoms with Crippen LogP contribution in [0.15, 0.2) is 20.0 Å². The van der Waals surface area contributed by atoms with Crippen molar-refractivity contribution in [3.8, 4) is 0 Å². The molecule has 0 unspecified atom stereocenters. The monoisotopic (exact) mass is 799 g/mol. The summed E-state index contributed by atoms with van der Waals surface area (Å²) in [5.74, 6) is 1.25. The molecule has 232 valence electrons. The van der Waals surface area contributed by atoms with E-state index in [-0.39, 0.29) is 52.0 Å². The molecule has 1 atom stereocenters. The van der Waals surface area contributed by atoms with Crippen LogP contribution in [0.5, 0.6) is 0 Å². The molecule has 0 saturated heterocycles. The average Bonchev–Trinajstić information content (AvgIpc) is 2.63. The summed E-state index contributed by atoms with van der Waals surface area (Å²) in [6, 6.07) is 1.66. The van der Waals surface area contributed by atoms with Crippen molar-refractivity contribution in [3.63, 3.8) is 0 Å². The van der Waals surface area contributed by atoms with Crippen molar-refractivity contribution >= 4 is 31.4 Å². The molecule has 8 nitrogen and oxygen atoms in total. The van der Waals surface area contributed by atoms with E-state index in [1.807, 2.05) is 41.5 Å². The maximum atomic E-state index is 13.0. The second-order valence-electron chi connectivity index (χ2n) is 12.9. The third-order valence-electron chi connectivity index (χ3n) is 4.32. The van der Waals surface area contributed by atoms with Gasteiger partial charge in [0.1, 0.15) is 0 Å². The van der Waals surface area contributed by atoms with Crippen LogP contribution in [0.3, 0.4) is 0 Å². The van der Waals surface area contributed by atoms with Crippen molar-refractivity contribution in [1.29, 1.82) is 0 Å². The molecule has 0 N–H and O–H groups in total. The molecule has 0 heterocycles. The minimum Gasteiger partial charge on any atom is -0.862 e. The third-order valence-corrected chi connectivity index (χ3v) is 5.88. The summed E-state index contributed by atoms with van der Waals surface area (Å²) in [6.07, 6.45) is 0. The molecule has 0 saturated carbocycles. The fourth-order valence-electron chi connectivity index (χ4n) is 3.50. The predicted octanol–water partition coefficient (Wildman–Crippen LogP) is 6.65. The Bertz CT molecular complexity index is 730. The van der Waals surface area contributed by atoms with Crippen LogP contribution < -0.4 is 10.2 Å². The number of rotatable bonds is 10. The van der Waals surface area contributed by atoms with Gasteiger partial charge in [0.2, 0.25) is 0 Å². The largest absolute Gasteiger partial charge is 4.00 e. The van der Waals surface area contributed by atoms with Gasteiger partial charge in [0.25, 0.3) is 0 Å². The molecule has 0 spiro atoms. The molecule has 0 aromatic carbocycles. The SMILES string of the molecule is CC(=NC(C)C)[C@@]([O-])(C[Si](C)(C)C)C([O-])=NC(C)C.CC(=NC(C)C)[N-]C(C)C.CC(=NC(C)C)[N-]C(C)C.[Th+4]. The second kappa shape index (κ2) is 23.1. The minimum absolute atomic E-state index is 0.